The number of aryl methyl sites for hydroxylation is 2. The van der Waals surface area contributed by atoms with E-state index in [-0.39, 0.29) is 5.91 Å². The second kappa shape index (κ2) is 6.79. The van der Waals surface area contributed by atoms with Gasteiger partial charge in [-0.05, 0) is 39.2 Å². The van der Waals surface area contributed by atoms with E-state index in [2.05, 4.69) is 15.4 Å². The first kappa shape index (κ1) is 15.5. The maximum atomic E-state index is 12.2. The van der Waals surface area contributed by atoms with Crippen LogP contribution in [0.2, 0.25) is 0 Å². The van der Waals surface area contributed by atoms with Crippen LogP contribution in [0.3, 0.4) is 0 Å². The quantitative estimate of drug-likeness (QED) is 0.847. The van der Waals surface area contributed by atoms with Crippen LogP contribution in [0, 0.1) is 19.8 Å². The maximum absolute atomic E-state index is 12.2. The summed E-state index contributed by atoms with van der Waals surface area (Å²) in [5.41, 5.74) is 2.16. The van der Waals surface area contributed by atoms with Crippen molar-refractivity contribution in [2.45, 2.75) is 33.2 Å². The van der Waals surface area contributed by atoms with Gasteiger partial charge in [0.2, 0.25) is 5.91 Å². The molecule has 0 unspecified atom stereocenters. The molecular weight excluding hydrogens is 280 g/mol. The van der Waals surface area contributed by atoms with Gasteiger partial charge in [0.05, 0.1) is 12.2 Å². The topological polar surface area (TPSA) is 61.6 Å². The average molecular weight is 306 g/mol. The number of rotatable bonds is 6. The molecule has 1 saturated heterocycles. The molecule has 0 bridgehead atoms. The Morgan fingerprint density at radius 3 is 2.59 bits per heavy atom. The number of piperazine rings is 1. The van der Waals surface area contributed by atoms with E-state index in [0.29, 0.717) is 6.54 Å². The molecular formula is C16H26N4O2. The lowest BCUT2D eigenvalue weighted by molar-refractivity contribution is -0.132. The number of amides is 1. The van der Waals surface area contributed by atoms with E-state index < -0.39 is 0 Å². The van der Waals surface area contributed by atoms with Gasteiger partial charge in [0.1, 0.15) is 5.76 Å². The zero-order valence-corrected chi connectivity index (χ0v) is 13.6. The highest BCUT2D eigenvalue weighted by Gasteiger charge is 2.24. The second-order valence-electron chi connectivity index (χ2n) is 6.53. The molecule has 6 nitrogen and oxygen atoms in total. The number of hydrogen-bond donors (Lipinski definition) is 1. The number of nitrogens with one attached hydrogen (secondary N) is 1. The number of carbonyl (C=O) groups is 1. The Hall–Kier alpha value is -1.40. The predicted molar refractivity (Wildman–Crippen MR) is 83.4 cm³/mol. The molecule has 1 aromatic rings. The smallest absolute Gasteiger partial charge is 0.236 e. The minimum atomic E-state index is 0.234. The van der Waals surface area contributed by atoms with Crippen molar-refractivity contribution in [1.29, 1.82) is 0 Å². The summed E-state index contributed by atoms with van der Waals surface area (Å²) in [6, 6.07) is 0. The SMILES string of the molecule is Cc1noc(C)c1CN1CCN(C(=O)CNCC2CC2)CC1. The maximum Gasteiger partial charge on any atom is 0.236 e. The first-order valence-electron chi connectivity index (χ1n) is 8.26. The van der Waals surface area contributed by atoms with Gasteiger partial charge in [0, 0.05) is 38.3 Å². The highest BCUT2D eigenvalue weighted by atomic mass is 16.5. The number of aromatic nitrogens is 1. The zero-order valence-electron chi connectivity index (χ0n) is 13.6. The van der Waals surface area contributed by atoms with Crippen LogP contribution >= 0.6 is 0 Å². The molecule has 2 aliphatic rings. The molecule has 1 aliphatic heterocycles. The molecule has 1 amide bonds. The molecule has 2 heterocycles. The predicted octanol–water partition coefficient (Wildman–Crippen LogP) is 0.935. The van der Waals surface area contributed by atoms with Crippen LogP contribution in [0.15, 0.2) is 4.52 Å². The van der Waals surface area contributed by atoms with E-state index in [1.165, 1.54) is 18.4 Å². The fourth-order valence-electron chi connectivity index (χ4n) is 2.92. The summed E-state index contributed by atoms with van der Waals surface area (Å²) in [4.78, 5) is 16.5. The standard InChI is InChI=1S/C16H26N4O2/c1-12-15(13(2)22-18-12)11-19-5-7-20(8-6-19)16(21)10-17-9-14-3-4-14/h14,17H,3-11H2,1-2H3. The van der Waals surface area contributed by atoms with Crippen LogP contribution in [0.5, 0.6) is 0 Å². The van der Waals surface area contributed by atoms with Gasteiger partial charge in [-0.1, -0.05) is 5.16 Å². The molecule has 0 spiro atoms. The Bertz CT molecular complexity index is 497. The van der Waals surface area contributed by atoms with Crippen molar-refractivity contribution in [3.8, 4) is 0 Å². The van der Waals surface area contributed by atoms with Crippen molar-refractivity contribution in [2.24, 2.45) is 5.92 Å². The minimum absolute atomic E-state index is 0.234. The number of hydrogen-bond acceptors (Lipinski definition) is 5. The van der Waals surface area contributed by atoms with Crippen LogP contribution in [-0.2, 0) is 11.3 Å². The molecule has 22 heavy (non-hydrogen) atoms. The molecule has 1 aliphatic carbocycles. The fourth-order valence-corrected chi connectivity index (χ4v) is 2.92. The molecule has 0 aromatic carbocycles. The zero-order chi connectivity index (χ0) is 15.5. The summed E-state index contributed by atoms with van der Waals surface area (Å²) in [5, 5.41) is 7.28. The molecule has 1 aromatic heterocycles. The molecule has 6 heteroatoms. The van der Waals surface area contributed by atoms with Gasteiger partial charge in [-0.25, -0.2) is 0 Å². The lowest BCUT2D eigenvalue weighted by atomic mass is 10.2. The first-order chi connectivity index (χ1) is 10.6. The summed E-state index contributed by atoms with van der Waals surface area (Å²) in [5.74, 6) is 1.96. The van der Waals surface area contributed by atoms with Gasteiger partial charge in [0.25, 0.3) is 0 Å². The van der Waals surface area contributed by atoms with Crippen molar-refractivity contribution in [2.75, 3.05) is 39.3 Å². The normalized spacial score (nSPS) is 19.6. The summed E-state index contributed by atoms with van der Waals surface area (Å²) < 4.78 is 5.22. The monoisotopic (exact) mass is 306 g/mol. The fraction of sp³-hybridized carbons (Fsp3) is 0.750. The highest BCUT2D eigenvalue weighted by molar-refractivity contribution is 5.78. The molecule has 122 valence electrons. The number of carbonyl (C=O) groups excluding carboxylic acids is 1. The minimum Gasteiger partial charge on any atom is -0.361 e. The third-order valence-electron chi connectivity index (χ3n) is 4.69. The van der Waals surface area contributed by atoms with E-state index in [0.717, 1.165) is 56.6 Å². The van der Waals surface area contributed by atoms with Crippen LogP contribution < -0.4 is 5.32 Å². The molecule has 3 rings (SSSR count). The van der Waals surface area contributed by atoms with Crippen molar-refractivity contribution < 1.29 is 9.32 Å². The second-order valence-corrected chi connectivity index (χ2v) is 6.53. The van der Waals surface area contributed by atoms with Gasteiger partial charge >= 0.3 is 0 Å². The molecule has 0 atom stereocenters. The van der Waals surface area contributed by atoms with Crippen LogP contribution in [-0.4, -0.2) is 60.1 Å². The largest absolute Gasteiger partial charge is 0.361 e. The average Bonchev–Trinajstić information content (AvgIpc) is 3.29. The Kier molecular flexibility index (Phi) is 4.78. The summed E-state index contributed by atoms with van der Waals surface area (Å²) in [6.45, 7) is 9.75. The summed E-state index contributed by atoms with van der Waals surface area (Å²) in [7, 11) is 0. The van der Waals surface area contributed by atoms with Crippen molar-refractivity contribution in [3.05, 3.63) is 17.0 Å². The van der Waals surface area contributed by atoms with Gasteiger partial charge in [0.15, 0.2) is 0 Å². The lowest BCUT2D eigenvalue weighted by Crippen LogP contribution is -2.50. The van der Waals surface area contributed by atoms with Crippen molar-refractivity contribution in [3.63, 3.8) is 0 Å². The Morgan fingerprint density at radius 1 is 1.27 bits per heavy atom. The van der Waals surface area contributed by atoms with Crippen molar-refractivity contribution in [1.82, 2.24) is 20.3 Å². The third kappa shape index (κ3) is 3.87. The Morgan fingerprint density at radius 2 is 2.00 bits per heavy atom. The summed E-state index contributed by atoms with van der Waals surface area (Å²) >= 11 is 0. The van der Waals surface area contributed by atoms with E-state index in [9.17, 15) is 4.79 Å². The van der Waals surface area contributed by atoms with E-state index in [4.69, 9.17) is 4.52 Å². The Labute approximate surface area is 131 Å². The third-order valence-corrected chi connectivity index (χ3v) is 4.69. The van der Waals surface area contributed by atoms with Gasteiger partial charge in [-0.2, -0.15) is 0 Å². The summed E-state index contributed by atoms with van der Waals surface area (Å²) in [6.07, 6.45) is 2.64. The van der Waals surface area contributed by atoms with Crippen LogP contribution in [0.25, 0.3) is 0 Å². The van der Waals surface area contributed by atoms with Gasteiger partial charge in [-0.3, -0.25) is 9.69 Å². The van der Waals surface area contributed by atoms with Crippen molar-refractivity contribution >= 4 is 5.91 Å². The van der Waals surface area contributed by atoms with Crippen LogP contribution in [0.1, 0.15) is 29.9 Å². The van der Waals surface area contributed by atoms with Gasteiger partial charge in [-0.15, -0.1) is 0 Å². The van der Waals surface area contributed by atoms with E-state index in [1.54, 1.807) is 0 Å². The van der Waals surface area contributed by atoms with Crippen LogP contribution in [0.4, 0.5) is 0 Å². The molecule has 1 saturated carbocycles. The highest BCUT2D eigenvalue weighted by Crippen LogP contribution is 2.27. The molecule has 1 N–H and O–H groups in total. The molecule has 0 radical (unpaired) electrons. The van der Waals surface area contributed by atoms with Gasteiger partial charge < -0.3 is 14.7 Å². The first-order valence-corrected chi connectivity index (χ1v) is 8.26. The lowest BCUT2D eigenvalue weighted by Gasteiger charge is -2.34. The molecule has 2 fully saturated rings. The number of nitrogens with zero attached hydrogens (tertiary/aromatic N) is 3. The Balaban J connectivity index is 1.40. The van der Waals surface area contributed by atoms with E-state index in [1.807, 2.05) is 18.7 Å². The van der Waals surface area contributed by atoms with E-state index >= 15 is 0 Å².